The molecule has 1 fully saturated rings. The van der Waals surface area contributed by atoms with E-state index in [2.05, 4.69) is 4.99 Å². The highest BCUT2D eigenvalue weighted by Crippen LogP contribution is 2.12. The van der Waals surface area contributed by atoms with Crippen molar-refractivity contribution in [1.82, 2.24) is 4.90 Å². The zero-order valence-corrected chi connectivity index (χ0v) is 9.47. The number of nitrogens with zero attached hydrogens (tertiary/aromatic N) is 3. The van der Waals surface area contributed by atoms with Crippen molar-refractivity contribution < 1.29 is 4.79 Å². The molecule has 0 aromatic heterocycles. The van der Waals surface area contributed by atoms with E-state index in [0.29, 0.717) is 12.1 Å². The number of Topliss-reactive ketones (excluding diaryl/α,β-unsaturated/α-hetero) is 1. The fraction of sp³-hybridized carbons (Fsp3) is 0.308. The van der Waals surface area contributed by atoms with Crippen LogP contribution in [-0.2, 0) is 0 Å². The van der Waals surface area contributed by atoms with E-state index in [1.54, 1.807) is 18.3 Å². The lowest BCUT2D eigenvalue weighted by Gasteiger charge is -2.16. The minimum absolute atomic E-state index is 0.0677. The van der Waals surface area contributed by atoms with Crippen molar-refractivity contribution in [3.05, 3.63) is 35.9 Å². The summed E-state index contributed by atoms with van der Waals surface area (Å²) >= 11 is 0. The predicted octanol–water partition coefficient (Wildman–Crippen LogP) is 1.84. The predicted molar refractivity (Wildman–Crippen MR) is 64.6 cm³/mol. The lowest BCUT2D eigenvalue weighted by molar-refractivity contribution is 0.0966. The van der Waals surface area contributed by atoms with Gasteiger partial charge in [0.1, 0.15) is 5.84 Å². The third-order valence-electron chi connectivity index (χ3n) is 2.80. The fourth-order valence-electron chi connectivity index (χ4n) is 1.96. The topological polar surface area (TPSA) is 56.5 Å². The van der Waals surface area contributed by atoms with Crippen molar-refractivity contribution in [3.63, 3.8) is 0 Å². The molecule has 2 rings (SSSR count). The molecule has 86 valence electrons. The first-order valence-electron chi connectivity index (χ1n) is 5.60. The molecule has 1 saturated heterocycles. The first-order valence-corrected chi connectivity index (χ1v) is 5.60. The molecule has 4 nitrogen and oxygen atoms in total. The molecule has 1 aliphatic heterocycles. The van der Waals surface area contributed by atoms with Crippen LogP contribution in [0.25, 0.3) is 0 Å². The van der Waals surface area contributed by atoms with Crippen molar-refractivity contribution in [1.29, 1.82) is 5.26 Å². The summed E-state index contributed by atoms with van der Waals surface area (Å²) < 4.78 is 0. The molecule has 0 bridgehead atoms. The van der Waals surface area contributed by atoms with E-state index in [4.69, 9.17) is 5.26 Å². The van der Waals surface area contributed by atoms with Crippen LogP contribution in [0.5, 0.6) is 0 Å². The highest BCUT2D eigenvalue weighted by molar-refractivity contribution is 6.00. The van der Waals surface area contributed by atoms with Gasteiger partial charge in [-0.2, -0.15) is 10.3 Å². The Kier molecular flexibility index (Phi) is 3.51. The molecule has 0 unspecified atom stereocenters. The Balaban J connectivity index is 2.05. The van der Waals surface area contributed by atoms with Crippen molar-refractivity contribution in [3.8, 4) is 6.19 Å². The summed E-state index contributed by atoms with van der Waals surface area (Å²) in [4.78, 5) is 17.6. The molecule has 1 aromatic carbocycles. The van der Waals surface area contributed by atoms with Gasteiger partial charge in [0.15, 0.2) is 5.78 Å². The van der Waals surface area contributed by atoms with Gasteiger partial charge in [-0.05, 0) is 6.42 Å². The van der Waals surface area contributed by atoms with Gasteiger partial charge in [0, 0.05) is 18.5 Å². The Morgan fingerprint density at radius 3 is 2.88 bits per heavy atom. The van der Waals surface area contributed by atoms with Gasteiger partial charge < -0.3 is 4.90 Å². The Bertz CT molecular complexity index is 473. The minimum atomic E-state index is 0.0677. The van der Waals surface area contributed by atoms with Crippen LogP contribution in [0.2, 0.25) is 0 Å². The molecular weight excluding hydrogens is 214 g/mol. The van der Waals surface area contributed by atoms with Gasteiger partial charge in [-0.1, -0.05) is 30.3 Å². The fourth-order valence-corrected chi connectivity index (χ4v) is 1.96. The van der Waals surface area contributed by atoms with Crippen molar-refractivity contribution in [2.24, 2.45) is 4.99 Å². The van der Waals surface area contributed by atoms with E-state index >= 15 is 0 Å². The Hall–Kier alpha value is -2.15. The van der Waals surface area contributed by atoms with Crippen LogP contribution in [0.3, 0.4) is 0 Å². The van der Waals surface area contributed by atoms with Crippen LogP contribution in [0, 0.1) is 11.5 Å². The summed E-state index contributed by atoms with van der Waals surface area (Å²) in [5.74, 6) is 0.801. The van der Waals surface area contributed by atoms with Crippen LogP contribution in [-0.4, -0.2) is 29.6 Å². The van der Waals surface area contributed by atoms with Crippen LogP contribution in [0.1, 0.15) is 23.2 Å². The summed E-state index contributed by atoms with van der Waals surface area (Å²) in [6.07, 6.45) is 3.54. The summed E-state index contributed by atoms with van der Waals surface area (Å²) in [7, 11) is 0. The van der Waals surface area contributed by atoms with Crippen molar-refractivity contribution >= 4 is 11.6 Å². The van der Waals surface area contributed by atoms with Gasteiger partial charge in [0.05, 0.1) is 6.54 Å². The molecular formula is C13H13N3O. The highest BCUT2D eigenvalue weighted by atomic mass is 16.1. The highest BCUT2D eigenvalue weighted by Gasteiger charge is 2.21. The second-order valence-corrected chi connectivity index (χ2v) is 3.94. The van der Waals surface area contributed by atoms with E-state index in [1.807, 2.05) is 23.1 Å². The van der Waals surface area contributed by atoms with Gasteiger partial charge in [-0.3, -0.25) is 4.79 Å². The van der Waals surface area contributed by atoms with E-state index in [1.165, 1.54) is 0 Å². The Morgan fingerprint density at radius 2 is 2.18 bits per heavy atom. The maximum atomic E-state index is 12.0. The first kappa shape index (κ1) is 11.3. The van der Waals surface area contributed by atoms with Gasteiger partial charge in [0.2, 0.25) is 6.19 Å². The number of amidine groups is 1. The Morgan fingerprint density at radius 1 is 1.41 bits per heavy atom. The number of nitriles is 1. The molecule has 0 radical (unpaired) electrons. The van der Waals surface area contributed by atoms with Gasteiger partial charge >= 0.3 is 0 Å². The zero-order valence-electron chi connectivity index (χ0n) is 9.47. The molecule has 17 heavy (non-hydrogen) atoms. The number of hydrogen-bond donors (Lipinski definition) is 0. The summed E-state index contributed by atoms with van der Waals surface area (Å²) in [5, 5.41) is 8.55. The second kappa shape index (κ2) is 5.26. The van der Waals surface area contributed by atoms with E-state index in [-0.39, 0.29) is 5.78 Å². The molecule has 0 spiro atoms. The number of hydrogen-bond acceptors (Lipinski definition) is 3. The van der Waals surface area contributed by atoms with Gasteiger partial charge in [-0.15, -0.1) is 0 Å². The van der Waals surface area contributed by atoms with Crippen molar-refractivity contribution in [2.75, 3.05) is 13.1 Å². The van der Waals surface area contributed by atoms with Crippen LogP contribution in [0.15, 0.2) is 35.3 Å². The lowest BCUT2D eigenvalue weighted by atomic mass is 10.1. The zero-order chi connectivity index (χ0) is 12.1. The SMILES string of the molecule is N#CN=C1CCCN1CC(=O)c1ccccc1. The van der Waals surface area contributed by atoms with Crippen LogP contribution < -0.4 is 0 Å². The average molecular weight is 227 g/mol. The molecule has 0 atom stereocenters. The van der Waals surface area contributed by atoms with Crippen LogP contribution >= 0.6 is 0 Å². The summed E-state index contributed by atoms with van der Waals surface area (Å²) in [6, 6.07) is 9.19. The molecule has 1 aliphatic rings. The first-order chi connectivity index (χ1) is 8.31. The maximum absolute atomic E-state index is 12.0. The molecule has 0 saturated carbocycles. The van der Waals surface area contributed by atoms with E-state index in [9.17, 15) is 4.79 Å². The average Bonchev–Trinajstić information content (AvgIpc) is 2.78. The number of carbonyl (C=O) groups excluding carboxylic acids is 1. The lowest BCUT2D eigenvalue weighted by Crippen LogP contribution is -2.30. The number of likely N-dealkylation sites (tertiary alicyclic amines) is 1. The number of rotatable bonds is 3. The molecule has 4 heteroatoms. The van der Waals surface area contributed by atoms with Crippen LogP contribution in [0.4, 0.5) is 0 Å². The van der Waals surface area contributed by atoms with E-state index < -0.39 is 0 Å². The molecule has 0 N–H and O–H groups in total. The third-order valence-corrected chi connectivity index (χ3v) is 2.80. The monoisotopic (exact) mass is 227 g/mol. The number of benzene rings is 1. The third kappa shape index (κ3) is 2.70. The smallest absolute Gasteiger partial charge is 0.207 e. The normalized spacial score (nSPS) is 17.1. The minimum Gasteiger partial charge on any atom is -0.352 e. The molecule has 1 heterocycles. The standard InChI is InChI=1S/C13H13N3O/c14-10-15-13-7-4-8-16(13)9-12(17)11-5-2-1-3-6-11/h1-3,5-6H,4,7-9H2. The van der Waals surface area contributed by atoms with E-state index in [0.717, 1.165) is 25.2 Å². The number of carbonyl (C=O) groups is 1. The molecule has 0 aliphatic carbocycles. The maximum Gasteiger partial charge on any atom is 0.207 e. The second-order valence-electron chi connectivity index (χ2n) is 3.94. The molecule has 1 aromatic rings. The van der Waals surface area contributed by atoms with Gasteiger partial charge in [0.25, 0.3) is 0 Å². The summed E-state index contributed by atoms with van der Waals surface area (Å²) in [5.41, 5.74) is 0.704. The van der Waals surface area contributed by atoms with Crippen molar-refractivity contribution in [2.45, 2.75) is 12.8 Å². The number of ketones is 1. The Labute approximate surface area is 100 Å². The number of aliphatic imine (C=N–C) groups is 1. The summed E-state index contributed by atoms with van der Waals surface area (Å²) in [6.45, 7) is 1.11. The van der Waals surface area contributed by atoms with Gasteiger partial charge in [-0.25, -0.2) is 0 Å². The quantitative estimate of drug-likeness (QED) is 0.585. The molecule has 0 amide bonds. The largest absolute Gasteiger partial charge is 0.352 e.